The van der Waals surface area contributed by atoms with E-state index >= 15 is 0 Å². The lowest BCUT2D eigenvalue weighted by Crippen LogP contribution is -1.76. The summed E-state index contributed by atoms with van der Waals surface area (Å²) in [6.07, 6.45) is 9.36. The van der Waals surface area contributed by atoms with Gasteiger partial charge in [-0.05, 0) is 72.0 Å². The monoisotopic (exact) mass is 643 g/mol. The number of aryl methyl sites for hydroxylation is 1. The Bertz CT molecular complexity index is 1890. The van der Waals surface area contributed by atoms with Crippen LogP contribution in [0, 0.1) is 0 Å². The van der Waals surface area contributed by atoms with E-state index in [1.165, 1.54) is 23.1 Å². The minimum atomic E-state index is 0.845. The first-order valence-electron chi connectivity index (χ1n) is 15.8. The zero-order valence-corrected chi connectivity index (χ0v) is 27.0. The number of pyridine rings is 1. The van der Waals surface area contributed by atoms with Crippen LogP contribution in [0.15, 0.2) is 188 Å². The van der Waals surface area contributed by atoms with Crippen molar-refractivity contribution in [2.75, 3.05) is 0 Å². The van der Waals surface area contributed by atoms with Crippen molar-refractivity contribution >= 4 is 38.5 Å². The summed E-state index contributed by atoms with van der Waals surface area (Å²) in [5, 5.41) is 22.9. The third kappa shape index (κ3) is 11.0. The predicted molar refractivity (Wildman–Crippen MR) is 198 cm³/mol. The molecule has 0 fully saturated rings. The van der Waals surface area contributed by atoms with Gasteiger partial charge in [0.2, 0.25) is 0 Å². The number of H-pyrrole nitrogens is 2. The number of rotatable bonds is 0. The first-order valence-corrected chi connectivity index (χ1v) is 15.8. The SMILES string of the molecule is C=C1CCc2ccccc21.c1ccc2[nH]ncc2c1.c1ccc2n[nH]nc2c1.c1ccc2oncc2c1.c1ccccc1.c1ccncc1. The molecule has 2 N–H and O–H groups in total. The lowest BCUT2D eigenvalue weighted by molar-refractivity contribution is 0.456. The van der Waals surface area contributed by atoms with E-state index in [0.29, 0.717) is 0 Å². The molecule has 8 nitrogen and oxygen atoms in total. The minimum Gasteiger partial charge on any atom is -0.356 e. The number of aromatic amines is 2. The highest BCUT2D eigenvalue weighted by Crippen LogP contribution is 2.29. The Morgan fingerprint density at radius 2 is 1.14 bits per heavy atom. The number of para-hydroxylation sites is 4. The Balaban J connectivity index is 0.000000116. The standard InChI is InChI=1S/C10H10.C7H6N2.C7H5NO.C6H5N3.C6H6.C5H5N/c1-8-6-7-9-4-2-3-5-10(8)9;2*1-2-4-7-6(3-1)5-8-9-7;1-2-4-6-5(3-1)7-9-8-6;2*1-2-4-6-5-3-1/h2-5H,1,6-7H2;1-5H,(H,8,9);1-5H;1-4H,(H,7,8,9);1-6H;1-5H. The molecule has 242 valence electrons. The normalized spacial score (nSPS) is 10.7. The fourth-order valence-electron chi connectivity index (χ4n) is 4.68. The number of fused-ring (bicyclic) bond motifs is 4. The second-order valence-corrected chi connectivity index (χ2v) is 10.6. The van der Waals surface area contributed by atoms with Crippen LogP contribution in [0.4, 0.5) is 0 Å². The number of hydrogen-bond acceptors (Lipinski definition) is 6. The van der Waals surface area contributed by atoms with E-state index in [-0.39, 0.29) is 0 Å². The fraction of sp³-hybridized carbons (Fsp3) is 0.0488. The maximum atomic E-state index is 4.87. The second kappa shape index (κ2) is 19.1. The van der Waals surface area contributed by atoms with Crippen LogP contribution in [0.25, 0.3) is 38.5 Å². The highest BCUT2D eigenvalue weighted by atomic mass is 16.5. The molecule has 0 saturated heterocycles. The zero-order chi connectivity index (χ0) is 33.8. The molecule has 0 amide bonds. The average Bonchev–Trinajstić information content (AvgIpc) is 4.02. The van der Waals surface area contributed by atoms with Gasteiger partial charge in [0.15, 0.2) is 5.58 Å². The molecular weight excluding hydrogens is 606 g/mol. The molecule has 5 aromatic carbocycles. The fourth-order valence-corrected chi connectivity index (χ4v) is 4.68. The highest BCUT2D eigenvalue weighted by Gasteiger charge is 2.11. The van der Waals surface area contributed by atoms with Crippen molar-refractivity contribution in [1.29, 1.82) is 0 Å². The van der Waals surface area contributed by atoms with Crippen molar-refractivity contribution in [1.82, 2.24) is 35.7 Å². The molecule has 10 rings (SSSR count). The Morgan fingerprint density at radius 3 is 1.76 bits per heavy atom. The zero-order valence-electron chi connectivity index (χ0n) is 27.0. The van der Waals surface area contributed by atoms with Gasteiger partial charge in [-0.2, -0.15) is 20.5 Å². The summed E-state index contributed by atoms with van der Waals surface area (Å²) in [5.74, 6) is 0. The summed E-state index contributed by atoms with van der Waals surface area (Å²) < 4.78 is 4.87. The Kier molecular flexibility index (Phi) is 13.1. The molecule has 8 heteroatoms. The Morgan fingerprint density at radius 1 is 0.551 bits per heavy atom. The third-order valence-electron chi connectivity index (χ3n) is 7.16. The van der Waals surface area contributed by atoms with Gasteiger partial charge in [-0.15, -0.1) is 0 Å². The molecular formula is C41H37N7O. The quantitative estimate of drug-likeness (QED) is 0.170. The summed E-state index contributed by atoms with van der Waals surface area (Å²) in [6, 6.07) is 49.7. The first-order chi connectivity index (χ1) is 24.3. The van der Waals surface area contributed by atoms with E-state index in [1.807, 2.05) is 134 Å². The largest absolute Gasteiger partial charge is 0.356 e. The summed E-state index contributed by atoms with van der Waals surface area (Å²) in [5.41, 5.74) is 7.91. The van der Waals surface area contributed by atoms with Crippen LogP contribution >= 0.6 is 0 Å². The van der Waals surface area contributed by atoms with Gasteiger partial charge in [-0.3, -0.25) is 10.1 Å². The molecule has 9 aromatic rings. The van der Waals surface area contributed by atoms with Crippen molar-refractivity contribution in [3.05, 3.63) is 194 Å². The van der Waals surface area contributed by atoms with Crippen LogP contribution in [0.2, 0.25) is 0 Å². The van der Waals surface area contributed by atoms with Crippen molar-refractivity contribution in [3.63, 3.8) is 0 Å². The van der Waals surface area contributed by atoms with Gasteiger partial charge in [0.1, 0.15) is 11.0 Å². The van der Waals surface area contributed by atoms with Gasteiger partial charge < -0.3 is 4.52 Å². The molecule has 4 heterocycles. The molecule has 0 atom stereocenters. The van der Waals surface area contributed by atoms with E-state index in [4.69, 9.17) is 4.52 Å². The molecule has 0 unspecified atom stereocenters. The van der Waals surface area contributed by atoms with E-state index in [9.17, 15) is 0 Å². The van der Waals surface area contributed by atoms with Gasteiger partial charge in [0.05, 0.1) is 17.9 Å². The summed E-state index contributed by atoms with van der Waals surface area (Å²) >= 11 is 0. The van der Waals surface area contributed by atoms with Crippen LogP contribution in [0.3, 0.4) is 0 Å². The smallest absolute Gasteiger partial charge is 0.166 e. The van der Waals surface area contributed by atoms with Crippen LogP contribution in [0.5, 0.6) is 0 Å². The molecule has 4 aromatic heterocycles. The van der Waals surface area contributed by atoms with Crippen molar-refractivity contribution < 1.29 is 4.52 Å². The minimum absolute atomic E-state index is 0.845. The number of nitrogens with one attached hydrogen (secondary N) is 2. The maximum absolute atomic E-state index is 4.87. The van der Waals surface area contributed by atoms with E-state index < -0.39 is 0 Å². The lowest BCUT2D eigenvalue weighted by Gasteiger charge is -1.95. The van der Waals surface area contributed by atoms with Gasteiger partial charge in [-0.1, -0.05) is 121 Å². The summed E-state index contributed by atoms with van der Waals surface area (Å²) in [7, 11) is 0. The Hall–Kier alpha value is -6.67. The van der Waals surface area contributed by atoms with Crippen LogP contribution in [-0.4, -0.2) is 35.7 Å². The Labute approximate surface area is 285 Å². The molecule has 1 aliphatic carbocycles. The molecule has 0 spiro atoms. The molecule has 0 bridgehead atoms. The molecule has 0 aliphatic heterocycles. The molecule has 49 heavy (non-hydrogen) atoms. The van der Waals surface area contributed by atoms with Crippen molar-refractivity contribution in [3.8, 4) is 0 Å². The van der Waals surface area contributed by atoms with Crippen molar-refractivity contribution in [2.45, 2.75) is 12.8 Å². The molecule has 1 aliphatic rings. The van der Waals surface area contributed by atoms with Gasteiger partial charge in [-0.25, -0.2) is 0 Å². The van der Waals surface area contributed by atoms with Crippen LogP contribution in [0.1, 0.15) is 17.5 Å². The second-order valence-electron chi connectivity index (χ2n) is 10.6. The number of aromatic nitrogens is 7. The van der Waals surface area contributed by atoms with E-state index in [1.54, 1.807) is 18.6 Å². The van der Waals surface area contributed by atoms with E-state index in [2.05, 4.69) is 66.6 Å². The van der Waals surface area contributed by atoms with Gasteiger partial charge >= 0.3 is 0 Å². The maximum Gasteiger partial charge on any atom is 0.166 e. The summed E-state index contributed by atoms with van der Waals surface area (Å²) in [6.45, 7) is 4.00. The van der Waals surface area contributed by atoms with Crippen LogP contribution in [-0.2, 0) is 6.42 Å². The number of hydrogen-bond donors (Lipinski definition) is 2. The topological polar surface area (TPSA) is 109 Å². The number of nitrogens with zero attached hydrogens (tertiary/aromatic N) is 5. The van der Waals surface area contributed by atoms with Crippen LogP contribution < -0.4 is 0 Å². The third-order valence-corrected chi connectivity index (χ3v) is 7.16. The predicted octanol–water partition coefficient (Wildman–Crippen LogP) is 9.76. The summed E-state index contributed by atoms with van der Waals surface area (Å²) in [4.78, 5) is 3.78. The first kappa shape index (κ1) is 33.7. The van der Waals surface area contributed by atoms with Crippen molar-refractivity contribution in [2.24, 2.45) is 0 Å². The van der Waals surface area contributed by atoms with Gasteiger partial charge in [0, 0.05) is 23.2 Å². The number of allylic oxidation sites excluding steroid dienone is 1. The average molecular weight is 644 g/mol. The van der Waals surface area contributed by atoms with E-state index in [0.717, 1.165) is 39.3 Å². The lowest BCUT2D eigenvalue weighted by atomic mass is 10.1. The molecule has 0 radical (unpaired) electrons. The van der Waals surface area contributed by atoms with Gasteiger partial charge in [0.25, 0.3) is 0 Å². The highest BCUT2D eigenvalue weighted by molar-refractivity contribution is 5.77. The number of benzene rings is 5. The molecule has 0 saturated carbocycles.